The molecule has 0 spiro atoms. The summed E-state index contributed by atoms with van der Waals surface area (Å²) in [6, 6.07) is 8.07. The Kier molecular flexibility index (Phi) is 3.40. The smallest absolute Gasteiger partial charge is 0.119 e. The lowest BCUT2D eigenvalue weighted by molar-refractivity contribution is 0.414. The average molecular weight is 273 g/mol. The second kappa shape index (κ2) is 5.19. The fourth-order valence-corrected chi connectivity index (χ4v) is 3.47. The van der Waals surface area contributed by atoms with E-state index in [0.29, 0.717) is 5.25 Å². The van der Waals surface area contributed by atoms with Gasteiger partial charge in [0.25, 0.3) is 0 Å². The Morgan fingerprint density at radius 1 is 1.37 bits per heavy atom. The lowest BCUT2D eigenvalue weighted by Crippen LogP contribution is -2.19. The van der Waals surface area contributed by atoms with Crippen molar-refractivity contribution in [2.45, 2.75) is 22.7 Å². The van der Waals surface area contributed by atoms with Crippen molar-refractivity contribution in [3.63, 3.8) is 0 Å². The zero-order chi connectivity index (χ0) is 13.2. The zero-order valence-corrected chi connectivity index (χ0v) is 11.4. The summed E-state index contributed by atoms with van der Waals surface area (Å²) in [7, 11) is 1.68. The minimum Gasteiger partial charge on any atom is -0.497 e. The molecular formula is C14H15N3OS. The van der Waals surface area contributed by atoms with Crippen LogP contribution in [0.2, 0.25) is 0 Å². The van der Waals surface area contributed by atoms with E-state index >= 15 is 0 Å². The Morgan fingerprint density at radius 3 is 3.00 bits per heavy atom. The molecule has 4 nitrogen and oxygen atoms in total. The number of hydrogen-bond donors (Lipinski definition) is 1. The fourth-order valence-electron chi connectivity index (χ4n) is 2.36. The van der Waals surface area contributed by atoms with Gasteiger partial charge >= 0.3 is 0 Å². The highest BCUT2D eigenvalue weighted by atomic mass is 32.2. The molecule has 19 heavy (non-hydrogen) atoms. The molecule has 0 aliphatic heterocycles. The number of benzene rings is 1. The normalized spacial score (nSPS) is 21.2. The summed E-state index contributed by atoms with van der Waals surface area (Å²) in [5.74, 6) is 0.863. The molecule has 1 aromatic carbocycles. The summed E-state index contributed by atoms with van der Waals surface area (Å²) in [6.45, 7) is 0. The van der Waals surface area contributed by atoms with Crippen molar-refractivity contribution in [3.8, 4) is 5.75 Å². The van der Waals surface area contributed by atoms with Crippen molar-refractivity contribution < 1.29 is 4.74 Å². The van der Waals surface area contributed by atoms with Crippen LogP contribution in [0, 0.1) is 0 Å². The van der Waals surface area contributed by atoms with Crippen LogP contribution in [0.5, 0.6) is 5.75 Å². The molecule has 1 aromatic heterocycles. The molecular weight excluding hydrogens is 258 g/mol. The Labute approximate surface area is 116 Å². The number of thioether (sulfide) groups is 1. The van der Waals surface area contributed by atoms with Gasteiger partial charge in [-0.3, -0.25) is 0 Å². The standard InChI is InChI=1S/C14H15N3OS/c1-18-10-3-2-9-6-12(14(15)11(9)7-10)19-13-4-5-16-8-17-13/h2-5,7-8,12,14H,6,15H2,1H3. The number of ether oxygens (including phenoxy) is 1. The number of fused-ring (bicyclic) bond motifs is 1. The van der Waals surface area contributed by atoms with E-state index in [-0.39, 0.29) is 6.04 Å². The van der Waals surface area contributed by atoms with E-state index in [4.69, 9.17) is 10.5 Å². The predicted octanol–water partition coefficient (Wildman–Crippen LogP) is 2.20. The molecule has 98 valence electrons. The second-order valence-corrected chi connectivity index (χ2v) is 5.76. The van der Waals surface area contributed by atoms with Crippen molar-refractivity contribution in [1.82, 2.24) is 9.97 Å². The molecule has 1 heterocycles. The van der Waals surface area contributed by atoms with E-state index in [1.165, 1.54) is 11.1 Å². The van der Waals surface area contributed by atoms with E-state index in [1.54, 1.807) is 31.4 Å². The lowest BCUT2D eigenvalue weighted by Gasteiger charge is -2.14. The first kappa shape index (κ1) is 12.4. The number of rotatable bonds is 3. The van der Waals surface area contributed by atoms with Crippen LogP contribution in [0.3, 0.4) is 0 Å². The topological polar surface area (TPSA) is 61.0 Å². The van der Waals surface area contributed by atoms with Crippen molar-refractivity contribution >= 4 is 11.8 Å². The largest absolute Gasteiger partial charge is 0.497 e. The highest BCUT2D eigenvalue weighted by Crippen LogP contribution is 2.40. The van der Waals surface area contributed by atoms with E-state index < -0.39 is 0 Å². The molecule has 0 bridgehead atoms. The molecule has 2 atom stereocenters. The van der Waals surface area contributed by atoms with Gasteiger partial charge in [0.1, 0.15) is 12.1 Å². The van der Waals surface area contributed by atoms with Crippen LogP contribution < -0.4 is 10.5 Å². The van der Waals surface area contributed by atoms with Gasteiger partial charge in [-0.05, 0) is 35.7 Å². The number of methoxy groups -OCH3 is 1. The molecule has 2 unspecified atom stereocenters. The highest BCUT2D eigenvalue weighted by Gasteiger charge is 2.31. The van der Waals surface area contributed by atoms with Crippen LogP contribution in [0.25, 0.3) is 0 Å². The molecule has 0 amide bonds. The van der Waals surface area contributed by atoms with Crippen LogP contribution in [-0.2, 0) is 6.42 Å². The van der Waals surface area contributed by atoms with Crippen molar-refractivity contribution in [3.05, 3.63) is 47.9 Å². The first-order valence-corrected chi connectivity index (χ1v) is 7.01. The average Bonchev–Trinajstić information content (AvgIpc) is 2.76. The first-order valence-electron chi connectivity index (χ1n) is 6.13. The third-order valence-corrected chi connectivity index (χ3v) is 4.61. The van der Waals surface area contributed by atoms with Crippen molar-refractivity contribution in [2.24, 2.45) is 5.73 Å². The van der Waals surface area contributed by atoms with Gasteiger partial charge < -0.3 is 10.5 Å². The highest BCUT2D eigenvalue weighted by molar-refractivity contribution is 7.99. The molecule has 0 fully saturated rings. The van der Waals surface area contributed by atoms with Gasteiger partial charge in [-0.25, -0.2) is 9.97 Å². The lowest BCUT2D eigenvalue weighted by atomic mass is 10.1. The van der Waals surface area contributed by atoms with E-state index in [9.17, 15) is 0 Å². The van der Waals surface area contributed by atoms with Gasteiger partial charge in [0.15, 0.2) is 0 Å². The molecule has 1 aliphatic rings. The van der Waals surface area contributed by atoms with Gasteiger partial charge in [-0.15, -0.1) is 11.8 Å². The molecule has 3 rings (SSSR count). The quantitative estimate of drug-likeness (QED) is 0.869. The fraction of sp³-hybridized carbons (Fsp3) is 0.286. The third-order valence-electron chi connectivity index (χ3n) is 3.36. The third kappa shape index (κ3) is 2.43. The van der Waals surface area contributed by atoms with E-state index in [0.717, 1.165) is 17.2 Å². The number of hydrogen-bond acceptors (Lipinski definition) is 5. The molecule has 1 aliphatic carbocycles. The summed E-state index contributed by atoms with van der Waals surface area (Å²) in [4.78, 5) is 8.17. The molecule has 5 heteroatoms. The number of aromatic nitrogens is 2. The maximum absolute atomic E-state index is 6.34. The SMILES string of the molecule is COc1ccc2c(c1)C(N)C(Sc1ccncn1)C2. The molecule has 0 saturated carbocycles. The maximum Gasteiger partial charge on any atom is 0.119 e. The van der Waals surface area contributed by atoms with Crippen LogP contribution in [0.4, 0.5) is 0 Å². The van der Waals surface area contributed by atoms with Gasteiger partial charge in [0, 0.05) is 17.5 Å². The van der Waals surface area contributed by atoms with Crippen LogP contribution in [0.1, 0.15) is 17.2 Å². The summed E-state index contributed by atoms with van der Waals surface area (Å²) in [6.07, 6.45) is 4.29. The van der Waals surface area contributed by atoms with E-state index in [1.807, 2.05) is 18.2 Å². The van der Waals surface area contributed by atoms with Gasteiger partial charge in [-0.1, -0.05) is 6.07 Å². The number of nitrogens with zero attached hydrogens (tertiary/aromatic N) is 2. The second-order valence-electron chi connectivity index (χ2n) is 4.50. The predicted molar refractivity (Wildman–Crippen MR) is 75.3 cm³/mol. The Bertz CT molecular complexity index is 576. The molecule has 2 aromatic rings. The summed E-state index contributed by atoms with van der Waals surface area (Å²) in [5.41, 5.74) is 8.83. The van der Waals surface area contributed by atoms with Gasteiger partial charge in [-0.2, -0.15) is 0 Å². The zero-order valence-electron chi connectivity index (χ0n) is 10.6. The van der Waals surface area contributed by atoms with Gasteiger partial charge in [0.2, 0.25) is 0 Å². The van der Waals surface area contributed by atoms with Crippen LogP contribution >= 0.6 is 11.8 Å². The van der Waals surface area contributed by atoms with Crippen LogP contribution in [-0.4, -0.2) is 22.3 Å². The molecule has 0 saturated heterocycles. The maximum atomic E-state index is 6.34. The van der Waals surface area contributed by atoms with Crippen molar-refractivity contribution in [2.75, 3.05) is 7.11 Å². The summed E-state index contributed by atoms with van der Waals surface area (Å²) in [5, 5.41) is 1.28. The Hall–Kier alpha value is -1.59. The molecule has 0 radical (unpaired) electrons. The Morgan fingerprint density at radius 2 is 2.26 bits per heavy atom. The van der Waals surface area contributed by atoms with Crippen molar-refractivity contribution in [1.29, 1.82) is 0 Å². The monoisotopic (exact) mass is 273 g/mol. The van der Waals surface area contributed by atoms with Crippen LogP contribution in [0.15, 0.2) is 41.8 Å². The first-order chi connectivity index (χ1) is 9.28. The Balaban J connectivity index is 1.81. The molecule has 2 N–H and O–H groups in total. The minimum atomic E-state index is 0.0186. The summed E-state index contributed by atoms with van der Waals surface area (Å²) < 4.78 is 5.26. The summed E-state index contributed by atoms with van der Waals surface area (Å²) >= 11 is 1.71. The van der Waals surface area contributed by atoms with Gasteiger partial charge in [0.05, 0.1) is 12.1 Å². The van der Waals surface area contributed by atoms with E-state index in [2.05, 4.69) is 16.0 Å². The minimum absolute atomic E-state index is 0.0186. The number of nitrogens with two attached hydrogens (primary N) is 1.